The number of thiazole rings is 1. The van der Waals surface area contributed by atoms with Crippen molar-refractivity contribution in [2.45, 2.75) is 45.8 Å². The number of carbonyl (C=O) groups is 2. The molecule has 1 aliphatic rings. The average molecular weight is 513 g/mol. The molecule has 0 aromatic carbocycles. The van der Waals surface area contributed by atoms with Crippen LogP contribution in [0, 0.1) is 0 Å². The number of amides is 1. The largest absolute Gasteiger partial charge is 0.461 e. The number of halogens is 1. The number of hydrogen-bond donors (Lipinski definition) is 2. The average Bonchev–Trinajstić information content (AvgIpc) is 3.43. The van der Waals surface area contributed by atoms with E-state index in [9.17, 15) is 9.59 Å². The maximum absolute atomic E-state index is 12.7. The van der Waals surface area contributed by atoms with E-state index in [1.54, 1.807) is 21.0 Å². The number of ether oxygens (including phenoxy) is 2. The highest BCUT2D eigenvalue weighted by molar-refractivity contribution is 7.17. The minimum Gasteiger partial charge on any atom is -0.461 e. The number of oxime groups is 1. The molecule has 0 radical (unpaired) electrons. The fourth-order valence-electron chi connectivity index (χ4n) is 3.67. The van der Waals surface area contributed by atoms with E-state index in [0.29, 0.717) is 52.5 Å². The second-order valence-electron chi connectivity index (χ2n) is 7.55. The number of imidazole rings is 1. The van der Waals surface area contributed by atoms with E-state index in [0.717, 1.165) is 0 Å². The molecule has 1 aliphatic heterocycles. The van der Waals surface area contributed by atoms with Crippen molar-refractivity contribution in [3.63, 3.8) is 0 Å². The third kappa shape index (κ3) is 5.68. The molecule has 2 atom stereocenters. The number of aromatic amines is 1. The van der Waals surface area contributed by atoms with Crippen LogP contribution in [0.5, 0.6) is 0 Å². The highest BCUT2D eigenvalue weighted by Gasteiger charge is 2.34. The van der Waals surface area contributed by atoms with Gasteiger partial charge in [0.15, 0.2) is 21.8 Å². The summed E-state index contributed by atoms with van der Waals surface area (Å²) in [4.78, 5) is 44.3. The van der Waals surface area contributed by atoms with Crippen molar-refractivity contribution < 1.29 is 23.9 Å². The number of esters is 1. The van der Waals surface area contributed by atoms with Crippen LogP contribution in [0.1, 0.15) is 58.9 Å². The highest BCUT2D eigenvalue weighted by Crippen LogP contribution is 2.30. The van der Waals surface area contributed by atoms with Crippen LogP contribution in [-0.4, -0.2) is 78.6 Å². The Labute approximate surface area is 206 Å². The van der Waals surface area contributed by atoms with Crippen molar-refractivity contribution in [1.29, 1.82) is 0 Å². The summed E-state index contributed by atoms with van der Waals surface area (Å²) in [6.45, 7) is 6.72. The molecule has 1 saturated heterocycles. The monoisotopic (exact) mass is 512 g/mol. The number of nitrogens with zero attached hydrogens (tertiary/aromatic N) is 4. The normalized spacial score (nSPS) is 18.6. The molecular weight excluding hydrogens is 484 g/mol. The lowest BCUT2D eigenvalue weighted by Crippen LogP contribution is -2.55. The molecule has 2 N–H and O–H groups in total. The van der Waals surface area contributed by atoms with Crippen LogP contribution in [0.25, 0.3) is 0 Å². The van der Waals surface area contributed by atoms with E-state index < -0.39 is 5.97 Å². The Morgan fingerprint density at radius 3 is 2.71 bits per heavy atom. The fraction of sp³-hybridized carbons (Fsp3) is 0.571. The number of piperidine rings is 1. The molecule has 186 valence electrons. The molecule has 0 aliphatic carbocycles. The Balaban J connectivity index is 1.76. The molecule has 3 rings (SSSR count). The molecule has 2 unspecified atom stereocenters. The third-order valence-corrected chi connectivity index (χ3v) is 6.92. The molecule has 0 bridgehead atoms. The van der Waals surface area contributed by atoms with Gasteiger partial charge in [-0.25, -0.2) is 14.8 Å². The minimum atomic E-state index is -0.514. The Morgan fingerprint density at radius 1 is 1.32 bits per heavy atom. The first-order chi connectivity index (χ1) is 16.3. The SMILES string of the molecule is CCOC(=O)c1nc(N2CCC(NC(=O)c3nc(Cl)c(CC)[nH]3)C(OC)C2)sc1C(C)=NOC. The predicted molar refractivity (Wildman–Crippen MR) is 129 cm³/mol. The van der Waals surface area contributed by atoms with Gasteiger partial charge in [-0.15, -0.1) is 0 Å². The minimum absolute atomic E-state index is 0.177. The fourth-order valence-corrected chi connectivity index (χ4v) is 4.96. The summed E-state index contributed by atoms with van der Waals surface area (Å²) < 4.78 is 10.8. The van der Waals surface area contributed by atoms with Gasteiger partial charge in [0.05, 0.1) is 35.0 Å². The van der Waals surface area contributed by atoms with Gasteiger partial charge in [0, 0.05) is 20.2 Å². The summed E-state index contributed by atoms with van der Waals surface area (Å²) in [5, 5.41) is 7.88. The quantitative estimate of drug-likeness (QED) is 0.298. The first kappa shape index (κ1) is 25.9. The molecule has 2 aromatic heterocycles. The van der Waals surface area contributed by atoms with Gasteiger partial charge in [0.25, 0.3) is 5.91 Å². The number of aryl methyl sites for hydroxylation is 1. The summed E-state index contributed by atoms with van der Waals surface area (Å²) in [6, 6.07) is -0.233. The molecule has 0 spiro atoms. The van der Waals surface area contributed by atoms with Gasteiger partial charge in [-0.3, -0.25) is 4.79 Å². The number of nitrogens with one attached hydrogen (secondary N) is 2. The van der Waals surface area contributed by atoms with Crippen LogP contribution in [0.2, 0.25) is 5.15 Å². The van der Waals surface area contributed by atoms with E-state index in [4.69, 9.17) is 25.9 Å². The van der Waals surface area contributed by atoms with Crippen LogP contribution in [0.15, 0.2) is 5.16 Å². The van der Waals surface area contributed by atoms with Crippen LogP contribution in [0.4, 0.5) is 5.13 Å². The molecule has 11 nitrogen and oxygen atoms in total. The smallest absolute Gasteiger partial charge is 0.358 e. The summed E-state index contributed by atoms with van der Waals surface area (Å²) in [7, 11) is 3.04. The lowest BCUT2D eigenvalue weighted by Gasteiger charge is -2.37. The second-order valence-corrected chi connectivity index (χ2v) is 8.89. The van der Waals surface area contributed by atoms with Crippen LogP contribution >= 0.6 is 22.9 Å². The van der Waals surface area contributed by atoms with E-state index >= 15 is 0 Å². The number of carbonyl (C=O) groups excluding carboxylic acids is 2. The van der Waals surface area contributed by atoms with Gasteiger partial charge in [-0.05, 0) is 26.7 Å². The summed E-state index contributed by atoms with van der Waals surface area (Å²) in [5.74, 6) is -0.676. The summed E-state index contributed by atoms with van der Waals surface area (Å²) in [6.07, 6.45) is 0.950. The van der Waals surface area contributed by atoms with Crippen molar-refractivity contribution in [3.8, 4) is 0 Å². The second kappa shape index (κ2) is 11.6. The van der Waals surface area contributed by atoms with Gasteiger partial charge in [0.2, 0.25) is 0 Å². The van der Waals surface area contributed by atoms with E-state index in [1.807, 2.05) is 11.8 Å². The van der Waals surface area contributed by atoms with Crippen LogP contribution < -0.4 is 10.2 Å². The number of H-pyrrole nitrogens is 1. The van der Waals surface area contributed by atoms with Gasteiger partial charge < -0.3 is 29.5 Å². The number of aromatic nitrogens is 3. The molecular formula is C21H29ClN6O5S. The number of rotatable bonds is 9. The molecule has 1 fully saturated rings. The lowest BCUT2D eigenvalue weighted by molar-refractivity contribution is 0.0516. The van der Waals surface area contributed by atoms with Crippen molar-refractivity contribution in [3.05, 3.63) is 27.2 Å². The maximum atomic E-state index is 12.7. The molecule has 13 heteroatoms. The van der Waals surface area contributed by atoms with Crippen molar-refractivity contribution in [2.24, 2.45) is 5.16 Å². The molecule has 1 amide bonds. The highest BCUT2D eigenvalue weighted by atomic mass is 35.5. The third-order valence-electron chi connectivity index (χ3n) is 5.39. The number of anilines is 1. The zero-order valence-electron chi connectivity index (χ0n) is 19.8. The molecule has 0 saturated carbocycles. The summed E-state index contributed by atoms with van der Waals surface area (Å²) in [5.41, 5.74) is 1.45. The van der Waals surface area contributed by atoms with Crippen LogP contribution in [0.3, 0.4) is 0 Å². The van der Waals surface area contributed by atoms with E-state index in [-0.39, 0.29) is 36.2 Å². The first-order valence-electron chi connectivity index (χ1n) is 10.9. The Hall–Kier alpha value is -2.70. The van der Waals surface area contributed by atoms with E-state index in [2.05, 4.69) is 25.4 Å². The van der Waals surface area contributed by atoms with Gasteiger partial charge in [-0.1, -0.05) is 35.0 Å². The van der Waals surface area contributed by atoms with Gasteiger partial charge in [0.1, 0.15) is 7.11 Å². The van der Waals surface area contributed by atoms with E-state index in [1.165, 1.54) is 18.4 Å². The Bertz CT molecular complexity index is 1050. The molecule has 3 heterocycles. The predicted octanol–water partition coefficient (Wildman–Crippen LogP) is 2.65. The Morgan fingerprint density at radius 2 is 2.09 bits per heavy atom. The van der Waals surface area contributed by atoms with Gasteiger partial charge in [-0.2, -0.15) is 0 Å². The van der Waals surface area contributed by atoms with Crippen molar-refractivity contribution in [1.82, 2.24) is 20.3 Å². The van der Waals surface area contributed by atoms with Crippen LogP contribution in [-0.2, 0) is 20.7 Å². The molecule has 2 aromatic rings. The standard InChI is InChI=1S/C21H29ClN6O5S/c1-6-12-17(22)26-18(23-12)19(29)24-13-8-9-28(10-14(13)31-4)21-25-15(20(30)33-7-2)16(34-21)11(3)27-32-5/h13-14H,6-10H2,1-5H3,(H,23,26)(H,24,29). The zero-order valence-corrected chi connectivity index (χ0v) is 21.4. The van der Waals surface area contributed by atoms with Gasteiger partial charge >= 0.3 is 5.97 Å². The van der Waals surface area contributed by atoms with Crippen molar-refractivity contribution in [2.75, 3.05) is 38.8 Å². The van der Waals surface area contributed by atoms with Crippen molar-refractivity contribution >= 4 is 45.7 Å². The topological polar surface area (TPSA) is 131 Å². The summed E-state index contributed by atoms with van der Waals surface area (Å²) >= 11 is 7.40. The molecule has 34 heavy (non-hydrogen) atoms. The maximum Gasteiger partial charge on any atom is 0.358 e. The number of methoxy groups -OCH3 is 1. The number of hydrogen-bond acceptors (Lipinski definition) is 10. The lowest BCUT2D eigenvalue weighted by atomic mass is 10.0. The Kier molecular flexibility index (Phi) is 8.86. The zero-order chi connectivity index (χ0) is 24.8. The first-order valence-corrected chi connectivity index (χ1v) is 12.1.